The number of sulfonamides is 1. The molecule has 18 heavy (non-hydrogen) atoms. The fourth-order valence-corrected chi connectivity index (χ4v) is 2.44. The van der Waals surface area contributed by atoms with Crippen LogP contribution in [0, 0.1) is 5.92 Å². The quantitative estimate of drug-likeness (QED) is 0.486. The summed E-state index contributed by atoms with van der Waals surface area (Å²) in [6, 6.07) is 0.0354. The van der Waals surface area contributed by atoms with Crippen LogP contribution in [-0.2, 0) is 19.6 Å². The minimum atomic E-state index is -3.45. The summed E-state index contributed by atoms with van der Waals surface area (Å²) < 4.78 is 26.7. The number of rotatable bonds is 7. The Labute approximate surface area is 107 Å². The van der Waals surface area contributed by atoms with Crippen LogP contribution in [0.25, 0.3) is 0 Å². The van der Waals surface area contributed by atoms with Crippen LogP contribution < -0.4 is 15.8 Å². The second-order valence-corrected chi connectivity index (χ2v) is 6.05. The molecule has 106 valence electrons. The fourth-order valence-electron chi connectivity index (χ4n) is 1.89. The van der Waals surface area contributed by atoms with Crippen molar-refractivity contribution >= 4 is 15.9 Å². The molecule has 1 aliphatic rings. The lowest BCUT2D eigenvalue weighted by Gasteiger charge is -2.17. The van der Waals surface area contributed by atoms with Gasteiger partial charge in [0.25, 0.3) is 0 Å². The predicted molar refractivity (Wildman–Crippen MR) is 67.4 cm³/mol. The van der Waals surface area contributed by atoms with Gasteiger partial charge >= 0.3 is 0 Å². The minimum absolute atomic E-state index is 0.0354. The van der Waals surface area contributed by atoms with Crippen LogP contribution in [0.1, 0.15) is 13.3 Å². The van der Waals surface area contributed by atoms with Gasteiger partial charge in [-0.1, -0.05) is 6.92 Å². The van der Waals surface area contributed by atoms with Gasteiger partial charge in [-0.3, -0.25) is 4.79 Å². The first kappa shape index (κ1) is 15.4. The van der Waals surface area contributed by atoms with Crippen LogP contribution in [0.3, 0.4) is 0 Å². The van der Waals surface area contributed by atoms with E-state index in [1.54, 1.807) is 0 Å². The number of ether oxygens (including phenoxy) is 1. The van der Waals surface area contributed by atoms with Crippen molar-refractivity contribution in [1.29, 1.82) is 0 Å². The molecule has 1 saturated heterocycles. The predicted octanol–water partition coefficient (Wildman–Crippen LogP) is -1.59. The van der Waals surface area contributed by atoms with Crippen LogP contribution in [0.15, 0.2) is 0 Å². The normalized spacial score (nSPS) is 24.1. The summed E-state index contributed by atoms with van der Waals surface area (Å²) in [5, 5.41) is 10.8. The van der Waals surface area contributed by atoms with Crippen LogP contribution in [-0.4, -0.2) is 52.4 Å². The van der Waals surface area contributed by atoms with Crippen molar-refractivity contribution in [3.63, 3.8) is 0 Å². The molecule has 0 aliphatic carbocycles. The first-order valence-corrected chi connectivity index (χ1v) is 7.75. The Hall–Kier alpha value is -0.700. The summed E-state index contributed by atoms with van der Waals surface area (Å²) in [6.07, 6.45) is 0.323. The van der Waals surface area contributed by atoms with Crippen LogP contribution >= 0.6 is 0 Å². The highest BCUT2D eigenvalue weighted by molar-refractivity contribution is 7.89. The van der Waals surface area contributed by atoms with E-state index in [-0.39, 0.29) is 23.6 Å². The summed E-state index contributed by atoms with van der Waals surface area (Å²) >= 11 is 0. The molecule has 1 aliphatic heterocycles. The first-order valence-electron chi connectivity index (χ1n) is 6.03. The van der Waals surface area contributed by atoms with Crippen molar-refractivity contribution in [3.8, 4) is 0 Å². The number of carbonyl (C=O) groups excluding carboxylic acids is 1. The van der Waals surface area contributed by atoms with E-state index in [2.05, 4.69) is 10.6 Å². The second-order valence-electron chi connectivity index (χ2n) is 4.32. The molecule has 1 fully saturated rings. The maximum Gasteiger partial charge on any atom is 0.227 e. The summed E-state index contributed by atoms with van der Waals surface area (Å²) in [5.41, 5.74) is 0. The van der Waals surface area contributed by atoms with Gasteiger partial charge in [-0.15, -0.1) is 0 Å². The highest BCUT2D eigenvalue weighted by Crippen LogP contribution is 2.13. The summed E-state index contributed by atoms with van der Waals surface area (Å²) in [4.78, 5) is 11.8. The molecule has 0 aromatic carbocycles. The average Bonchev–Trinajstić information content (AvgIpc) is 2.71. The van der Waals surface area contributed by atoms with Gasteiger partial charge in [-0.25, -0.2) is 13.6 Å². The molecule has 1 heterocycles. The van der Waals surface area contributed by atoms with E-state index >= 15 is 0 Å². The van der Waals surface area contributed by atoms with Crippen molar-refractivity contribution in [3.05, 3.63) is 0 Å². The van der Waals surface area contributed by atoms with Gasteiger partial charge in [0, 0.05) is 12.6 Å². The Balaban J connectivity index is 2.28. The molecule has 8 heteroatoms. The minimum Gasteiger partial charge on any atom is -0.379 e. The van der Waals surface area contributed by atoms with Gasteiger partial charge in [-0.05, 0) is 13.0 Å². The molecule has 1 rings (SSSR count). The molecule has 0 spiro atoms. The van der Waals surface area contributed by atoms with Gasteiger partial charge in [0.05, 0.1) is 24.9 Å². The average molecular weight is 279 g/mol. The molecule has 0 saturated carbocycles. The van der Waals surface area contributed by atoms with E-state index in [9.17, 15) is 13.2 Å². The molecule has 0 aromatic heterocycles. The molecular formula is C10H21N3O4S. The van der Waals surface area contributed by atoms with Gasteiger partial charge < -0.3 is 15.4 Å². The number of hydrogen-bond acceptors (Lipinski definition) is 5. The summed E-state index contributed by atoms with van der Waals surface area (Å²) in [6.45, 7) is 4.00. The Morgan fingerprint density at radius 3 is 2.78 bits per heavy atom. The zero-order valence-electron chi connectivity index (χ0n) is 10.5. The van der Waals surface area contributed by atoms with Gasteiger partial charge in [0.1, 0.15) is 0 Å². The third-order valence-electron chi connectivity index (χ3n) is 2.79. The van der Waals surface area contributed by atoms with E-state index in [1.807, 2.05) is 6.92 Å². The lowest BCUT2D eigenvalue weighted by molar-refractivity contribution is -0.125. The van der Waals surface area contributed by atoms with E-state index in [0.717, 1.165) is 6.54 Å². The van der Waals surface area contributed by atoms with Crippen LogP contribution in [0.4, 0.5) is 0 Å². The van der Waals surface area contributed by atoms with Crippen molar-refractivity contribution in [2.75, 3.05) is 32.1 Å². The Kier molecular flexibility index (Phi) is 6.00. The Bertz CT molecular complexity index is 371. The lowest BCUT2D eigenvalue weighted by Crippen LogP contribution is -2.44. The van der Waals surface area contributed by atoms with Crippen LogP contribution in [0.2, 0.25) is 0 Å². The van der Waals surface area contributed by atoms with Crippen molar-refractivity contribution in [2.45, 2.75) is 19.4 Å². The molecular weight excluding hydrogens is 258 g/mol. The SMILES string of the molecule is CCNC1COCC1C(=O)NCCCS(N)(=O)=O. The van der Waals surface area contributed by atoms with Gasteiger partial charge in [0.2, 0.25) is 15.9 Å². The smallest absolute Gasteiger partial charge is 0.227 e. The largest absolute Gasteiger partial charge is 0.379 e. The number of carbonyl (C=O) groups is 1. The summed E-state index contributed by atoms with van der Waals surface area (Å²) in [5.74, 6) is -0.433. The number of nitrogens with one attached hydrogen (secondary N) is 2. The number of primary sulfonamides is 1. The maximum atomic E-state index is 11.8. The monoisotopic (exact) mass is 279 g/mol. The van der Waals surface area contributed by atoms with E-state index in [4.69, 9.17) is 9.88 Å². The zero-order valence-corrected chi connectivity index (χ0v) is 11.3. The van der Waals surface area contributed by atoms with Gasteiger partial charge in [-0.2, -0.15) is 0 Å². The third-order valence-corrected chi connectivity index (χ3v) is 3.65. The molecule has 0 radical (unpaired) electrons. The molecule has 2 atom stereocenters. The Morgan fingerprint density at radius 1 is 1.44 bits per heavy atom. The van der Waals surface area contributed by atoms with Gasteiger partial charge in [0.15, 0.2) is 0 Å². The first-order chi connectivity index (χ1) is 8.44. The van der Waals surface area contributed by atoms with Crippen molar-refractivity contribution in [1.82, 2.24) is 10.6 Å². The standard InChI is InChI=1S/C10H21N3O4S/c1-2-12-9-7-17-6-8(9)10(14)13-4-3-5-18(11,15)16/h8-9,12H,2-7H2,1H3,(H,13,14)(H2,11,15,16). The van der Waals surface area contributed by atoms with Crippen molar-refractivity contribution in [2.24, 2.45) is 11.1 Å². The number of nitrogens with two attached hydrogens (primary N) is 1. The van der Waals surface area contributed by atoms with E-state index in [1.165, 1.54) is 0 Å². The lowest BCUT2D eigenvalue weighted by atomic mass is 10.0. The Morgan fingerprint density at radius 2 is 2.17 bits per heavy atom. The topological polar surface area (TPSA) is 111 Å². The molecule has 1 amide bonds. The zero-order chi connectivity index (χ0) is 13.6. The van der Waals surface area contributed by atoms with E-state index in [0.29, 0.717) is 26.2 Å². The van der Waals surface area contributed by atoms with Crippen LogP contribution in [0.5, 0.6) is 0 Å². The number of hydrogen-bond donors (Lipinski definition) is 3. The molecule has 0 aromatic rings. The van der Waals surface area contributed by atoms with E-state index < -0.39 is 10.0 Å². The molecule has 0 bridgehead atoms. The fraction of sp³-hybridized carbons (Fsp3) is 0.900. The van der Waals surface area contributed by atoms with Crippen molar-refractivity contribution < 1.29 is 17.9 Å². The third kappa shape index (κ3) is 5.30. The number of likely N-dealkylation sites (N-methyl/N-ethyl adjacent to an activating group) is 1. The summed E-state index contributed by atoms with van der Waals surface area (Å²) in [7, 11) is -3.45. The maximum absolute atomic E-state index is 11.8. The highest BCUT2D eigenvalue weighted by atomic mass is 32.2. The second kappa shape index (κ2) is 7.03. The molecule has 7 nitrogen and oxygen atoms in total. The molecule has 2 unspecified atom stereocenters. The highest BCUT2D eigenvalue weighted by Gasteiger charge is 2.33. The number of amides is 1. The molecule has 4 N–H and O–H groups in total.